The second kappa shape index (κ2) is 4.86. The summed E-state index contributed by atoms with van der Waals surface area (Å²) >= 11 is 0. The molecule has 1 rings (SSSR count). The highest BCUT2D eigenvalue weighted by atomic mass is 19.4. The smallest absolute Gasteiger partial charge is 0.389 e. The van der Waals surface area contributed by atoms with Crippen molar-refractivity contribution in [2.24, 2.45) is 0 Å². The molecule has 0 aliphatic carbocycles. The number of halogens is 3. The van der Waals surface area contributed by atoms with Crippen LogP contribution in [-0.4, -0.2) is 22.7 Å². The number of rotatable bonds is 4. The lowest BCUT2D eigenvalue weighted by Gasteiger charge is -2.08. The molecule has 0 amide bonds. The number of nitrogens with zero attached hydrogens (tertiary/aromatic N) is 1. The molecule has 0 bridgehead atoms. The van der Waals surface area contributed by atoms with Gasteiger partial charge in [0.15, 0.2) is 5.82 Å². The number of nitrogen functional groups attached to an aromatic ring is 1. The molecule has 1 heterocycles. The lowest BCUT2D eigenvalue weighted by atomic mass is 10.3. The van der Waals surface area contributed by atoms with Crippen molar-refractivity contribution in [3.63, 3.8) is 0 Å². The van der Waals surface area contributed by atoms with Gasteiger partial charge in [-0.1, -0.05) is 0 Å². The van der Waals surface area contributed by atoms with Gasteiger partial charge in [0, 0.05) is 13.0 Å². The molecule has 16 heavy (non-hydrogen) atoms. The molecular formula is C8H11F3N4O. The van der Waals surface area contributed by atoms with Gasteiger partial charge in [-0.2, -0.15) is 13.2 Å². The summed E-state index contributed by atoms with van der Waals surface area (Å²) in [6.07, 6.45) is -4.03. The normalized spacial score (nSPS) is 11.4. The van der Waals surface area contributed by atoms with E-state index in [9.17, 15) is 18.0 Å². The topological polar surface area (TPSA) is 83.8 Å². The molecule has 0 radical (unpaired) electrons. The number of aromatic amines is 1. The van der Waals surface area contributed by atoms with Crippen LogP contribution in [0.5, 0.6) is 0 Å². The van der Waals surface area contributed by atoms with Crippen LogP contribution in [0.4, 0.5) is 24.7 Å². The summed E-state index contributed by atoms with van der Waals surface area (Å²) in [6, 6.07) is 0. The molecule has 8 heteroatoms. The summed E-state index contributed by atoms with van der Waals surface area (Å²) in [7, 11) is 0. The van der Waals surface area contributed by atoms with Crippen LogP contribution in [0.25, 0.3) is 0 Å². The molecule has 0 atom stereocenters. The van der Waals surface area contributed by atoms with Crippen LogP contribution in [0.15, 0.2) is 11.1 Å². The highest BCUT2D eigenvalue weighted by Crippen LogP contribution is 2.21. The molecule has 0 unspecified atom stereocenters. The van der Waals surface area contributed by atoms with E-state index in [4.69, 9.17) is 5.73 Å². The van der Waals surface area contributed by atoms with E-state index in [-0.39, 0.29) is 24.5 Å². The molecule has 4 N–H and O–H groups in total. The molecule has 0 saturated heterocycles. The minimum atomic E-state index is -4.17. The number of anilines is 2. The molecule has 0 aliphatic rings. The van der Waals surface area contributed by atoms with E-state index < -0.39 is 18.2 Å². The van der Waals surface area contributed by atoms with Gasteiger partial charge in [-0.05, 0) is 6.42 Å². The summed E-state index contributed by atoms with van der Waals surface area (Å²) in [6.45, 7) is 0.0557. The standard InChI is InChI=1S/C8H11F3N4O/c9-8(10,11)2-1-3-13-6-5(12)7(16)15-4-14-6/h4H,1-3,12H2,(H2,13,14,15,16). The first kappa shape index (κ1) is 12.3. The van der Waals surface area contributed by atoms with Crippen LogP contribution < -0.4 is 16.6 Å². The Kier molecular flexibility index (Phi) is 3.75. The maximum Gasteiger partial charge on any atom is 0.389 e. The van der Waals surface area contributed by atoms with Gasteiger partial charge in [0.25, 0.3) is 5.56 Å². The van der Waals surface area contributed by atoms with Crippen molar-refractivity contribution in [1.82, 2.24) is 9.97 Å². The van der Waals surface area contributed by atoms with Crippen LogP contribution in [0.2, 0.25) is 0 Å². The average molecular weight is 236 g/mol. The summed E-state index contributed by atoms with van der Waals surface area (Å²) in [5.74, 6) is 0.103. The van der Waals surface area contributed by atoms with Gasteiger partial charge in [-0.15, -0.1) is 0 Å². The number of aromatic nitrogens is 2. The monoisotopic (exact) mass is 236 g/mol. The number of hydrogen-bond donors (Lipinski definition) is 3. The minimum absolute atomic E-state index is 0.0557. The third-order valence-electron chi connectivity index (χ3n) is 1.82. The highest BCUT2D eigenvalue weighted by Gasteiger charge is 2.25. The maximum atomic E-state index is 11.8. The zero-order valence-corrected chi connectivity index (χ0v) is 8.27. The van der Waals surface area contributed by atoms with Gasteiger partial charge >= 0.3 is 6.18 Å². The van der Waals surface area contributed by atoms with Crippen LogP contribution in [-0.2, 0) is 0 Å². The molecule has 0 spiro atoms. The van der Waals surface area contributed by atoms with E-state index in [0.717, 1.165) is 6.33 Å². The van der Waals surface area contributed by atoms with Crippen LogP contribution >= 0.6 is 0 Å². The van der Waals surface area contributed by atoms with Gasteiger partial charge in [-0.3, -0.25) is 4.79 Å². The quantitative estimate of drug-likeness (QED) is 0.683. The van der Waals surface area contributed by atoms with Crippen molar-refractivity contribution in [1.29, 1.82) is 0 Å². The van der Waals surface area contributed by atoms with Gasteiger partial charge in [0.05, 0.1) is 6.33 Å². The first-order valence-electron chi connectivity index (χ1n) is 4.54. The van der Waals surface area contributed by atoms with Crippen molar-refractivity contribution in [2.75, 3.05) is 17.6 Å². The number of nitrogens with two attached hydrogens (primary N) is 1. The second-order valence-electron chi connectivity index (χ2n) is 3.14. The molecule has 1 aromatic rings. The van der Waals surface area contributed by atoms with E-state index in [1.165, 1.54) is 0 Å². The summed E-state index contributed by atoms with van der Waals surface area (Å²) in [5.41, 5.74) is 4.71. The summed E-state index contributed by atoms with van der Waals surface area (Å²) in [5, 5.41) is 2.57. The number of nitrogens with one attached hydrogen (secondary N) is 2. The first-order valence-corrected chi connectivity index (χ1v) is 4.54. The van der Waals surface area contributed by atoms with Gasteiger partial charge < -0.3 is 16.0 Å². The number of alkyl halides is 3. The lowest BCUT2D eigenvalue weighted by Crippen LogP contribution is -2.17. The zero-order valence-electron chi connectivity index (χ0n) is 8.27. The summed E-state index contributed by atoms with van der Waals surface area (Å²) < 4.78 is 35.4. The van der Waals surface area contributed by atoms with Crippen molar-refractivity contribution in [3.05, 3.63) is 16.7 Å². The Balaban J connectivity index is 2.44. The van der Waals surface area contributed by atoms with Gasteiger partial charge in [-0.25, -0.2) is 4.98 Å². The van der Waals surface area contributed by atoms with Crippen molar-refractivity contribution < 1.29 is 13.2 Å². The Bertz CT molecular complexity index is 401. The Morgan fingerprint density at radius 3 is 2.81 bits per heavy atom. The Morgan fingerprint density at radius 2 is 2.19 bits per heavy atom. The Labute approximate surface area is 88.9 Å². The lowest BCUT2D eigenvalue weighted by molar-refractivity contribution is -0.134. The molecule has 90 valence electrons. The molecule has 0 saturated carbocycles. The molecule has 1 aromatic heterocycles. The van der Waals surface area contributed by atoms with E-state index in [0.29, 0.717) is 0 Å². The Hall–Kier alpha value is -1.73. The predicted octanol–water partition coefficient (Wildman–Crippen LogP) is 1.11. The third kappa shape index (κ3) is 3.79. The third-order valence-corrected chi connectivity index (χ3v) is 1.82. The van der Waals surface area contributed by atoms with Gasteiger partial charge in [0.2, 0.25) is 0 Å². The fraction of sp³-hybridized carbons (Fsp3) is 0.500. The highest BCUT2D eigenvalue weighted by molar-refractivity contribution is 5.58. The van der Waals surface area contributed by atoms with Crippen molar-refractivity contribution in [3.8, 4) is 0 Å². The van der Waals surface area contributed by atoms with E-state index in [2.05, 4.69) is 15.3 Å². The number of H-pyrrole nitrogens is 1. The molecule has 5 nitrogen and oxygen atoms in total. The molecule has 0 aromatic carbocycles. The van der Waals surface area contributed by atoms with E-state index in [1.807, 2.05) is 0 Å². The van der Waals surface area contributed by atoms with Crippen LogP contribution in [0, 0.1) is 0 Å². The maximum absolute atomic E-state index is 11.8. The van der Waals surface area contributed by atoms with Crippen LogP contribution in [0.1, 0.15) is 12.8 Å². The summed E-state index contributed by atoms with van der Waals surface area (Å²) in [4.78, 5) is 16.9. The van der Waals surface area contributed by atoms with Gasteiger partial charge in [0.1, 0.15) is 5.69 Å². The van der Waals surface area contributed by atoms with E-state index >= 15 is 0 Å². The number of hydrogen-bond acceptors (Lipinski definition) is 4. The first-order chi connectivity index (χ1) is 7.40. The SMILES string of the molecule is Nc1c(NCCCC(F)(F)F)nc[nH]c1=O. The van der Waals surface area contributed by atoms with Crippen molar-refractivity contribution in [2.45, 2.75) is 19.0 Å². The molecular weight excluding hydrogens is 225 g/mol. The van der Waals surface area contributed by atoms with E-state index in [1.54, 1.807) is 0 Å². The van der Waals surface area contributed by atoms with Crippen LogP contribution in [0.3, 0.4) is 0 Å². The average Bonchev–Trinajstić information content (AvgIpc) is 2.17. The second-order valence-corrected chi connectivity index (χ2v) is 3.14. The molecule has 0 fully saturated rings. The zero-order chi connectivity index (χ0) is 12.2. The predicted molar refractivity (Wildman–Crippen MR) is 53.0 cm³/mol. The minimum Gasteiger partial charge on any atom is -0.391 e. The van der Waals surface area contributed by atoms with Crippen molar-refractivity contribution >= 4 is 11.5 Å². The Morgan fingerprint density at radius 1 is 1.50 bits per heavy atom. The fourth-order valence-electron chi connectivity index (χ4n) is 1.05. The largest absolute Gasteiger partial charge is 0.391 e. The molecule has 0 aliphatic heterocycles. The fourth-order valence-corrected chi connectivity index (χ4v) is 1.05.